The summed E-state index contributed by atoms with van der Waals surface area (Å²) in [6.45, 7) is 1.15. The van der Waals surface area contributed by atoms with Crippen LogP contribution in [-0.2, 0) is 20.4 Å². The summed E-state index contributed by atoms with van der Waals surface area (Å²) in [5.41, 5.74) is 0.0141. The van der Waals surface area contributed by atoms with Gasteiger partial charge >= 0.3 is 6.03 Å². The number of nitrogens with zero attached hydrogens (tertiary/aromatic N) is 1. The summed E-state index contributed by atoms with van der Waals surface area (Å²) < 4.78 is 48.3. The number of carbonyl (C=O) groups is 2. The molecule has 1 aliphatic heterocycles. The fraction of sp³-hybridized carbons (Fsp3) is 0.583. The molecule has 2 N–H and O–H groups in total. The topological polar surface area (TPSA) is 105 Å². The summed E-state index contributed by atoms with van der Waals surface area (Å²) in [6.07, 6.45) is 9.87. The zero-order valence-corrected chi connectivity index (χ0v) is 20.0. The smallest absolute Gasteiger partial charge is 0.324 e. The van der Waals surface area contributed by atoms with Crippen LogP contribution in [0.3, 0.4) is 0 Å². The number of amides is 3. The Kier molecular flexibility index (Phi) is 7.57. The molecule has 0 spiro atoms. The number of rotatable bonds is 11. The number of nitrogens with one attached hydrogen (secondary N) is 2. The number of urea groups is 1. The fourth-order valence-corrected chi connectivity index (χ4v) is 6.00. The Labute approximate surface area is 200 Å². The van der Waals surface area contributed by atoms with E-state index in [1.165, 1.54) is 23.8 Å². The Morgan fingerprint density at radius 1 is 1.21 bits per heavy atom. The predicted molar refractivity (Wildman–Crippen MR) is 125 cm³/mol. The number of allylic oxidation sites excluding steroid dienone is 1. The Balaban J connectivity index is 1.28. The molecule has 8 nitrogen and oxygen atoms in total. The lowest BCUT2D eigenvalue weighted by Gasteiger charge is -2.25. The lowest BCUT2D eigenvalue weighted by molar-refractivity contribution is -0.121. The van der Waals surface area contributed by atoms with Crippen LogP contribution in [-0.4, -0.2) is 50.7 Å². The van der Waals surface area contributed by atoms with Gasteiger partial charge in [0.05, 0.1) is 17.9 Å². The van der Waals surface area contributed by atoms with Crippen molar-refractivity contribution in [2.75, 3.05) is 25.4 Å². The molecule has 1 aromatic rings. The Bertz CT molecular complexity index is 1050. The van der Waals surface area contributed by atoms with Gasteiger partial charge in [-0.1, -0.05) is 31.1 Å². The van der Waals surface area contributed by atoms with Gasteiger partial charge in [0.2, 0.25) is 15.9 Å². The lowest BCUT2D eigenvalue weighted by Crippen LogP contribution is -2.49. The van der Waals surface area contributed by atoms with Gasteiger partial charge in [0.15, 0.2) is 11.6 Å². The van der Waals surface area contributed by atoms with Crippen LogP contribution >= 0.6 is 0 Å². The van der Waals surface area contributed by atoms with Gasteiger partial charge in [0.1, 0.15) is 0 Å². The van der Waals surface area contributed by atoms with Crippen molar-refractivity contribution in [3.05, 3.63) is 41.7 Å². The van der Waals surface area contributed by atoms with Crippen LogP contribution in [0.4, 0.5) is 9.18 Å². The second-order valence-electron chi connectivity index (χ2n) is 9.42. The molecule has 3 amide bonds. The second kappa shape index (κ2) is 10.4. The summed E-state index contributed by atoms with van der Waals surface area (Å²) in [4.78, 5) is 24.4. The van der Waals surface area contributed by atoms with Crippen LogP contribution in [0.15, 0.2) is 30.4 Å². The highest BCUT2D eigenvalue weighted by Crippen LogP contribution is 2.47. The largest absolute Gasteiger partial charge is 0.490 e. The van der Waals surface area contributed by atoms with Gasteiger partial charge in [0.25, 0.3) is 0 Å². The van der Waals surface area contributed by atoms with Crippen molar-refractivity contribution in [2.24, 2.45) is 5.92 Å². The van der Waals surface area contributed by atoms with Crippen LogP contribution in [0.2, 0.25) is 0 Å². The third-order valence-electron chi connectivity index (χ3n) is 6.72. The highest BCUT2D eigenvalue weighted by atomic mass is 32.2. The van der Waals surface area contributed by atoms with Crippen molar-refractivity contribution in [2.45, 2.75) is 56.9 Å². The maximum atomic E-state index is 14.3. The van der Waals surface area contributed by atoms with Gasteiger partial charge in [-0.05, 0) is 55.7 Å². The molecule has 1 heterocycles. The van der Waals surface area contributed by atoms with E-state index in [-0.39, 0.29) is 23.8 Å². The summed E-state index contributed by atoms with van der Waals surface area (Å²) in [5.74, 6) is -0.179. The lowest BCUT2D eigenvalue weighted by atomic mass is 10.1. The number of hydrogen-bond donors (Lipinski definition) is 2. The average molecular weight is 494 g/mol. The van der Waals surface area contributed by atoms with E-state index in [2.05, 4.69) is 10.0 Å². The normalized spacial score (nSPS) is 20.7. The molecule has 4 rings (SSSR count). The quantitative estimate of drug-likeness (QED) is 0.461. The molecule has 3 fully saturated rings. The number of sulfonamides is 1. The SMILES string of the molecule is O=C1CCN(C/C=C/CCS(=O)(=O)NC2(c3ccc(F)c(OCC4CCCC4)c3)CC2)C(=O)N1. The van der Waals surface area contributed by atoms with Gasteiger partial charge in [0, 0.05) is 19.5 Å². The second-order valence-corrected chi connectivity index (χ2v) is 11.3. The highest BCUT2D eigenvalue weighted by Gasteiger charge is 2.47. The minimum absolute atomic E-state index is 0.0951. The first-order chi connectivity index (χ1) is 16.3. The van der Waals surface area contributed by atoms with Crippen molar-refractivity contribution < 1.29 is 27.1 Å². The van der Waals surface area contributed by atoms with Crippen LogP contribution in [0, 0.1) is 11.7 Å². The van der Waals surface area contributed by atoms with Gasteiger partial charge in [-0.3, -0.25) is 10.1 Å². The fourth-order valence-electron chi connectivity index (χ4n) is 4.54. The van der Waals surface area contributed by atoms with Crippen molar-refractivity contribution in [3.63, 3.8) is 0 Å². The average Bonchev–Trinajstić information content (AvgIpc) is 3.35. The van der Waals surface area contributed by atoms with Crippen LogP contribution < -0.4 is 14.8 Å². The van der Waals surface area contributed by atoms with E-state index in [0.717, 1.165) is 18.4 Å². The van der Waals surface area contributed by atoms with Crippen molar-refractivity contribution in [1.29, 1.82) is 0 Å². The summed E-state index contributed by atoms with van der Waals surface area (Å²) in [6, 6.07) is 4.17. The molecule has 0 atom stereocenters. The minimum atomic E-state index is -3.57. The first-order valence-electron chi connectivity index (χ1n) is 11.9. The summed E-state index contributed by atoms with van der Waals surface area (Å²) in [5, 5.41) is 2.25. The molecular formula is C24H32FN3O5S. The summed E-state index contributed by atoms with van der Waals surface area (Å²) in [7, 11) is -3.57. The van der Waals surface area contributed by atoms with Crippen molar-refractivity contribution >= 4 is 22.0 Å². The van der Waals surface area contributed by atoms with E-state index >= 15 is 0 Å². The van der Waals surface area contributed by atoms with Crippen LogP contribution in [0.25, 0.3) is 0 Å². The molecule has 1 saturated heterocycles. The first kappa shape index (κ1) is 24.7. The summed E-state index contributed by atoms with van der Waals surface area (Å²) >= 11 is 0. The van der Waals surface area contributed by atoms with Gasteiger partial charge in [-0.2, -0.15) is 0 Å². The van der Waals surface area contributed by atoms with E-state index in [0.29, 0.717) is 44.9 Å². The molecule has 0 bridgehead atoms. The van der Waals surface area contributed by atoms with E-state index < -0.39 is 27.4 Å². The molecule has 2 saturated carbocycles. The third kappa shape index (κ3) is 6.35. The monoisotopic (exact) mass is 493 g/mol. The molecular weight excluding hydrogens is 461 g/mol. The number of halogens is 1. The first-order valence-corrected chi connectivity index (χ1v) is 13.6. The van der Waals surface area contributed by atoms with Gasteiger partial charge in [-0.15, -0.1) is 0 Å². The van der Waals surface area contributed by atoms with Crippen LogP contribution in [0.5, 0.6) is 5.75 Å². The maximum Gasteiger partial charge on any atom is 0.324 e. The zero-order chi connectivity index (χ0) is 24.2. The molecule has 1 aromatic carbocycles. The number of hydrogen-bond acceptors (Lipinski definition) is 5. The number of benzene rings is 1. The van der Waals surface area contributed by atoms with Gasteiger partial charge in [-0.25, -0.2) is 22.3 Å². The standard InChI is InChI=1S/C24H32FN3O5S/c25-20-9-8-19(16-21(20)33-17-18-6-2-3-7-18)24(11-12-24)27-34(31,32)15-5-1-4-13-28-14-10-22(29)26-23(28)30/h1,4,8-9,16,18,27H,2-3,5-7,10-15,17H2,(H,26,29,30)/b4-1+. The molecule has 186 valence electrons. The van der Waals surface area contributed by atoms with Crippen LogP contribution in [0.1, 0.15) is 56.9 Å². The molecule has 34 heavy (non-hydrogen) atoms. The number of imide groups is 1. The molecule has 0 aromatic heterocycles. The molecule has 10 heteroatoms. The van der Waals surface area contributed by atoms with E-state index in [9.17, 15) is 22.4 Å². The van der Waals surface area contributed by atoms with Crippen molar-refractivity contribution in [1.82, 2.24) is 14.9 Å². The molecule has 2 aliphatic carbocycles. The highest BCUT2D eigenvalue weighted by molar-refractivity contribution is 7.89. The van der Waals surface area contributed by atoms with Crippen molar-refractivity contribution in [3.8, 4) is 5.75 Å². The molecule has 0 unspecified atom stereocenters. The number of ether oxygens (including phenoxy) is 1. The Morgan fingerprint density at radius 2 is 1.97 bits per heavy atom. The van der Waals surface area contributed by atoms with E-state index in [1.807, 2.05) is 0 Å². The third-order valence-corrected chi connectivity index (χ3v) is 8.20. The van der Waals surface area contributed by atoms with Gasteiger partial charge < -0.3 is 9.64 Å². The van der Waals surface area contributed by atoms with E-state index in [1.54, 1.807) is 24.3 Å². The maximum absolute atomic E-state index is 14.3. The molecule has 3 aliphatic rings. The predicted octanol–water partition coefficient (Wildman–Crippen LogP) is 3.19. The molecule has 0 radical (unpaired) electrons. The Hall–Kier alpha value is -2.46. The number of carbonyl (C=O) groups excluding carboxylic acids is 2. The minimum Gasteiger partial charge on any atom is -0.490 e. The zero-order valence-electron chi connectivity index (χ0n) is 19.2. The Morgan fingerprint density at radius 3 is 2.68 bits per heavy atom. The van der Waals surface area contributed by atoms with E-state index in [4.69, 9.17) is 4.74 Å².